The highest BCUT2D eigenvalue weighted by Gasteiger charge is 2.22. The first-order valence-electron chi connectivity index (χ1n) is 10.1. The normalized spacial score (nSPS) is 12.2. The van der Waals surface area contributed by atoms with Crippen LogP contribution in [0.4, 0.5) is 4.39 Å². The fourth-order valence-corrected chi connectivity index (χ4v) is 4.48. The number of carbonyl (C=O) groups is 1. The van der Waals surface area contributed by atoms with E-state index in [1.54, 1.807) is 19.2 Å². The van der Waals surface area contributed by atoms with Gasteiger partial charge in [0.1, 0.15) is 12.4 Å². The Labute approximate surface area is 203 Å². The standard InChI is InChI=1S/C21H23Cl2FN4O4S/c1-32-10-3-2-9-27-20(16-7-8-17(23)33-16)26-28(21(27)31)11-18(30)25-15(12-29)13-5-4-6-14(22)19(13)24/h4-8,15,29H,2-3,9-12H2,1H3,(H,25,30). The first kappa shape index (κ1) is 25.4. The lowest BCUT2D eigenvalue weighted by Gasteiger charge is -2.17. The van der Waals surface area contributed by atoms with Crippen molar-refractivity contribution < 1.29 is 19.0 Å². The molecule has 178 valence electrons. The maximum atomic E-state index is 14.3. The molecule has 1 amide bonds. The number of ether oxygens (including phenoxy) is 1. The van der Waals surface area contributed by atoms with E-state index in [2.05, 4.69) is 10.4 Å². The van der Waals surface area contributed by atoms with E-state index in [9.17, 15) is 19.1 Å². The highest BCUT2D eigenvalue weighted by Crippen LogP contribution is 2.29. The van der Waals surface area contributed by atoms with Gasteiger partial charge >= 0.3 is 5.69 Å². The summed E-state index contributed by atoms with van der Waals surface area (Å²) in [6, 6.07) is 6.74. The summed E-state index contributed by atoms with van der Waals surface area (Å²) in [6.45, 7) is -0.00476. The number of carbonyl (C=O) groups excluding carboxylic acids is 1. The molecule has 8 nitrogen and oxygen atoms in total. The largest absolute Gasteiger partial charge is 0.394 e. The van der Waals surface area contributed by atoms with Crippen molar-refractivity contribution in [2.24, 2.45) is 0 Å². The zero-order valence-electron chi connectivity index (χ0n) is 17.8. The molecule has 0 radical (unpaired) electrons. The summed E-state index contributed by atoms with van der Waals surface area (Å²) in [6.07, 6.45) is 1.43. The van der Waals surface area contributed by atoms with Crippen molar-refractivity contribution in [1.29, 1.82) is 0 Å². The summed E-state index contributed by atoms with van der Waals surface area (Å²) in [4.78, 5) is 26.3. The predicted molar refractivity (Wildman–Crippen MR) is 125 cm³/mol. The third-order valence-electron chi connectivity index (χ3n) is 4.86. The molecule has 0 fully saturated rings. The molecular formula is C21H23Cl2FN4O4S. The van der Waals surface area contributed by atoms with Gasteiger partial charge in [-0.2, -0.15) is 0 Å². The molecule has 0 saturated heterocycles. The van der Waals surface area contributed by atoms with Crippen LogP contribution >= 0.6 is 34.5 Å². The molecule has 3 rings (SSSR count). The molecule has 0 saturated carbocycles. The number of thiophene rings is 1. The minimum Gasteiger partial charge on any atom is -0.394 e. The smallest absolute Gasteiger partial charge is 0.346 e. The molecule has 0 aliphatic heterocycles. The van der Waals surface area contributed by atoms with Crippen LogP contribution in [0, 0.1) is 5.82 Å². The van der Waals surface area contributed by atoms with Crippen LogP contribution in [-0.2, 0) is 22.6 Å². The van der Waals surface area contributed by atoms with E-state index in [0.29, 0.717) is 34.6 Å². The van der Waals surface area contributed by atoms with E-state index < -0.39 is 36.6 Å². The average molecular weight is 517 g/mol. The van der Waals surface area contributed by atoms with E-state index >= 15 is 0 Å². The maximum Gasteiger partial charge on any atom is 0.346 e. The summed E-state index contributed by atoms with van der Waals surface area (Å²) in [5, 5.41) is 16.4. The number of nitrogens with zero attached hydrogens (tertiary/aromatic N) is 3. The summed E-state index contributed by atoms with van der Waals surface area (Å²) in [5.41, 5.74) is -0.417. The van der Waals surface area contributed by atoms with Crippen molar-refractivity contribution in [3.05, 3.63) is 61.6 Å². The first-order chi connectivity index (χ1) is 15.8. The van der Waals surface area contributed by atoms with Crippen LogP contribution in [0.5, 0.6) is 0 Å². The molecule has 2 heterocycles. The van der Waals surface area contributed by atoms with Gasteiger partial charge in [-0.1, -0.05) is 35.3 Å². The number of hydrogen-bond acceptors (Lipinski definition) is 6. The van der Waals surface area contributed by atoms with Gasteiger partial charge in [0.15, 0.2) is 5.82 Å². The second-order valence-electron chi connectivity index (χ2n) is 7.16. The number of methoxy groups -OCH3 is 1. The van der Waals surface area contributed by atoms with Gasteiger partial charge in [0, 0.05) is 25.8 Å². The Hall–Kier alpha value is -2.24. The number of hydrogen-bond donors (Lipinski definition) is 2. The molecule has 1 atom stereocenters. The van der Waals surface area contributed by atoms with Crippen LogP contribution in [0.3, 0.4) is 0 Å². The average Bonchev–Trinajstić information content (AvgIpc) is 3.35. The summed E-state index contributed by atoms with van der Waals surface area (Å²) < 4.78 is 22.4. The predicted octanol–water partition coefficient (Wildman–Crippen LogP) is 3.50. The molecule has 0 aliphatic rings. The summed E-state index contributed by atoms with van der Waals surface area (Å²) in [7, 11) is 1.61. The van der Waals surface area contributed by atoms with Gasteiger partial charge in [-0.15, -0.1) is 16.4 Å². The molecule has 0 aliphatic carbocycles. The zero-order valence-corrected chi connectivity index (χ0v) is 20.1. The maximum absolute atomic E-state index is 14.3. The SMILES string of the molecule is COCCCCn1c(-c2ccc(Cl)s2)nn(CC(=O)NC(CO)c2cccc(Cl)c2F)c1=O. The van der Waals surface area contributed by atoms with E-state index in [1.807, 2.05) is 0 Å². The topological polar surface area (TPSA) is 98.4 Å². The lowest BCUT2D eigenvalue weighted by molar-refractivity contribution is -0.123. The summed E-state index contributed by atoms with van der Waals surface area (Å²) >= 11 is 13.1. The van der Waals surface area contributed by atoms with Gasteiger partial charge in [0.2, 0.25) is 5.91 Å². The number of nitrogens with one attached hydrogen (secondary N) is 1. The van der Waals surface area contributed by atoms with Crippen molar-refractivity contribution in [2.45, 2.75) is 32.0 Å². The van der Waals surface area contributed by atoms with Crippen LogP contribution < -0.4 is 11.0 Å². The number of aliphatic hydroxyl groups is 1. The molecule has 33 heavy (non-hydrogen) atoms. The number of halogens is 3. The Morgan fingerprint density at radius 1 is 1.30 bits per heavy atom. The van der Waals surface area contributed by atoms with Gasteiger partial charge in [-0.25, -0.2) is 13.9 Å². The minimum atomic E-state index is -1.03. The molecule has 1 unspecified atom stereocenters. The number of rotatable bonds is 11. The second-order valence-corrected chi connectivity index (χ2v) is 9.29. The highest BCUT2D eigenvalue weighted by molar-refractivity contribution is 7.19. The van der Waals surface area contributed by atoms with E-state index in [4.69, 9.17) is 27.9 Å². The molecule has 0 spiro atoms. The highest BCUT2D eigenvalue weighted by atomic mass is 35.5. The van der Waals surface area contributed by atoms with Gasteiger partial charge in [-0.05, 0) is 31.0 Å². The summed E-state index contributed by atoms with van der Waals surface area (Å²) in [5.74, 6) is -0.940. The molecular weight excluding hydrogens is 494 g/mol. The fraction of sp³-hybridized carbons (Fsp3) is 0.381. The van der Waals surface area contributed by atoms with Crippen molar-refractivity contribution in [1.82, 2.24) is 19.7 Å². The van der Waals surface area contributed by atoms with Crippen LogP contribution in [-0.4, -0.2) is 45.7 Å². The van der Waals surface area contributed by atoms with Gasteiger partial charge in [-0.3, -0.25) is 9.36 Å². The number of unbranched alkanes of at least 4 members (excludes halogenated alkanes) is 1. The van der Waals surface area contributed by atoms with Crippen molar-refractivity contribution in [2.75, 3.05) is 20.3 Å². The Morgan fingerprint density at radius 3 is 2.76 bits per heavy atom. The number of amides is 1. The van der Waals surface area contributed by atoms with Crippen molar-refractivity contribution >= 4 is 40.4 Å². The molecule has 3 aromatic rings. The second kappa shape index (κ2) is 11.8. The number of benzene rings is 1. The van der Waals surface area contributed by atoms with Gasteiger partial charge in [0.05, 0.1) is 26.9 Å². The Bertz CT molecular complexity index is 1160. The number of aromatic nitrogens is 3. The molecule has 0 bridgehead atoms. The monoisotopic (exact) mass is 516 g/mol. The first-order valence-corrected chi connectivity index (χ1v) is 11.7. The molecule has 2 N–H and O–H groups in total. The van der Waals surface area contributed by atoms with Gasteiger partial charge in [0.25, 0.3) is 0 Å². The fourth-order valence-electron chi connectivity index (χ4n) is 3.27. The van der Waals surface area contributed by atoms with Crippen LogP contribution in [0.2, 0.25) is 9.36 Å². The zero-order chi connectivity index (χ0) is 24.0. The molecule has 12 heteroatoms. The lowest BCUT2D eigenvalue weighted by atomic mass is 10.1. The van der Waals surface area contributed by atoms with Gasteiger partial charge < -0.3 is 15.2 Å². The van der Waals surface area contributed by atoms with Crippen LogP contribution in [0.25, 0.3) is 10.7 Å². The van der Waals surface area contributed by atoms with E-state index in [0.717, 1.165) is 11.1 Å². The minimum absolute atomic E-state index is 0.0447. The third kappa shape index (κ3) is 6.21. The van der Waals surface area contributed by atoms with E-state index in [-0.39, 0.29) is 10.6 Å². The molecule has 2 aromatic heterocycles. The van der Waals surface area contributed by atoms with Crippen molar-refractivity contribution in [3.63, 3.8) is 0 Å². The van der Waals surface area contributed by atoms with Crippen LogP contribution in [0.15, 0.2) is 35.1 Å². The van der Waals surface area contributed by atoms with E-state index in [1.165, 1.54) is 34.1 Å². The van der Waals surface area contributed by atoms with Crippen molar-refractivity contribution in [3.8, 4) is 10.7 Å². The Balaban J connectivity index is 1.81. The Kier molecular flexibility index (Phi) is 9.04. The van der Waals surface area contributed by atoms with Crippen LogP contribution in [0.1, 0.15) is 24.4 Å². The lowest BCUT2D eigenvalue weighted by Crippen LogP contribution is -2.37. The quantitative estimate of drug-likeness (QED) is 0.380. The molecule has 1 aromatic carbocycles. The number of aliphatic hydroxyl groups excluding tert-OH is 1. The Morgan fingerprint density at radius 2 is 2.09 bits per heavy atom. The third-order valence-corrected chi connectivity index (χ3v) is 6.38.